The summed E-state index contributed by atoms with van der Waals surface area (Å²) in [6.07, 6.45) is -0.682. The van der Waals surface area contributed by atoms with Gasteiger partial charge in [0.15, 0.2) is 11.5 Å². The predicted molar refractivity (Wildman–Crippen MR) is 107 cm³/mol. The first kappa shape index (κ1) is 24.8. The minimum atomic E-state index is -2.44. The van der Waals surface area contributed by atoms with Crippen LogP contribution >= 0.6 is 7.59 Å². The van der Waals surface area contributed by atoms with Crippen molar-refractivity contribution in [1.29, 1.82) is 0 Å². The number of rotatable bonds is 7. The van der Waals surface area contributed by atoms with E-state index in [2.05, 4.69) is 5.32 Å². The summed E-state index contributed by atoms with van der Waals surface area (Å²) in [6, 6.07) is 4.61. The van der Waals surface area contributed by atoms with Gasteiger partial charge in [-0.3, -0.25) is 4.57 Å². The molecule has 0 fully saturated rings. The molecule has 0 saturated carbocycles. The van der Waals surface area contributed by atoms with Crippen molar-refractivity contribution < 1.29 is 19.9 Å². The van der Waals surface area contributed by atoms with Gasteiger partial charge < -0.3 is 20.6 Å². The third kappa shape index (κ3) is 7.23. The number of hydrogen-bond acceptors (Lipinski definition) is 5. The number of benzene rings is 1. The third-order valence-electron chi connectivity index (χ3n) is 3.67. The van der Waals surface area contributed by atoms with E-state index in [1.807, 2.05) is 56.1 Å². The van der Waals surface area contributed by atoms with E-state index < -0.39 is 13.7 Å². The molecule has 1 atom stereocenters. The van der Waals surface area contributed by atoms with Crippen LogP contribution in [-0.2, 0) is 4.57 Å². The summed E-state index contributed by atoms with van der Waals surface area (Å²) >= 11 is 0. The molecule has 0 aliphatic heterocycles. The second kappa shape index (κ2) is 10.9. The Morgan fingerprint density at radius 3 is 1.73 bits per heavy atom. The van der Waals surface area contributed by atoms with Crippen molar-refractivity contribution in [3.63, 3.8) is 0 Å². The van der Waals surface area contributed by atoms with E-state index in [-0.39, 0.29) is 11.5 Å². The summed E-state index contributed by atoms with van der Waals surface area (Å²) in [5.41, 5.74) is 0.582. The fourth-order valence-corrected chi connectivity index (χ4v) is 4.43. The fourth-order valence-electron chi connectivity index (χ4n) is 2.29. The van der Waals surface area contributed by atoms with E-state index in [0.717, 1.165) is 0 Å². The summed E-state index contributed by atoms with van der Waals surface area (Å²) < 4.78 is 17.3. The van der Waals surface area contributed by atoms with Gasteiger partial charge >= 0.3 is 0 Å². The van der Waals surface area contributed by atoms with Crippen molar-refractivity contribution in [2.24, 2.45) is 0 Å². The largest absolute Gasteiger partial charge is 0.504 e. The highest BCUT2D eigenvalue weighted by molar-refractivity contribution is 7.56. The monoisotopic (exact) mass is 390 g/mol. The Kier molecular flexibility index (Phi) is 10.4. The van der Waals surface area contributed by atoms with Gasteiger partial charge in [-0.2, -0.15) is 0 Å². The van der Waals surface area contributed by atoms with Crippen molar-refractivity contribution in [2.75, 3.05) is 48.8 Å². The quantitative estimate of drug-likeness (QED) is 0.414. The molecule has 0 aliphatic rings. The normalized spacial score (nSPS) is 13.3. The Balaban J connectivity index is 0.000000508. The molecule has 0 heterocycles. The summed E-state index contributed by atoms with van der Waals surface area (Å²) in [4.78, 5) is 0. The zero-order valence-corrected chi connectivity index (χ0v) is 18.0. The molecule has 8 nitrogen and oxygen atoms in total. The Hall–Kier alpha value is -1.15. The molecular weight excluding hydrogens is 355 g/mol. The Labute approximate surface area is 157 Å². The summed E-state index contributed by atoms with van der Waals surface area (Å²) in [6.45, 7) is 4.39. The first-order chi connectivity index (χ1) is 11.8. The average molecular weight is 390 g/mol. The second-order valence-corrected chi connectivity index (χ2v) is 10.3. The van der Waals surface area contributed by atoms with Crippen LogP contribution in [0.3, 0.4) is 0 Å². The molecule has 0 aliphatic carbocycles. The maximum absolute atomic E-state index is 12.1. The Morgan fingerprint density at radius 2 is 1.42 bits per heavy atom. The lowest BCUT2D eigenvalue weighted by atomic mass is 10.1. The Morgan fingerprint density at radius 1 is 0.962 bits per heavy atom. The smallest absolute Gasteiger partial charge is 0.285 e. The number of hydrogen-bond donors (Lipinski definition) is 4. The number of nitrogens with one attached hydrogen (secondary N) is 1. The number of phenols is 2. The van der Waals surface area contributed by atoms with Gasteiger partial charge in [0.1, 0.15) is 0 Å². The van der Waals surface area contributed by atoms with Crippen LogP contribution in [0.4, 0.5) is 0 Å². The zero-order valence-electron chi connectivity index (χ0n) is 17.1. The van der Waals surface area contributed by atoms with E-state index >= 15 is 0 Å². The highest BCUT2D eigenvalue weighted by atomic mass is 31.2. The van der Waals surface area contributed by atoms with Crippen molar-refractivity contribution in [3.05, 3.63) is 23.8 Å². The molecule has 0 saturated heterocycles. The topological polar surface area (TPSA) is 99.5 Å². The standard InChI is InChI=1S/C11H17NO3.C6H18N3OP/c1-7(2)12-6-11(15)8-3-4-9(13)10(14)5-8;1-7(2)11(10,8(3)4)9(5)6/h3-5,7,11-15H,6H2,1-2H3;1-6H3/t11-;/m1./s1. The highest BCUT2D eigenvalue weighted by Crippen LogP contribution is 2.50. The van der Waals surface area contributed by atoms with Gasteiger partial charge in [-0.25, -0.2) is 14.0 Å². The summed E-state index contributed by atoms with van der Waals surface area (Å²) in [5.74, 6) is -0.390. The molecule has 0 aromatic heterocycles. The van der Waals surface area contributed by atoms with Crippen LogP contribution in [-0.4, -0.2) is 84.2 Å². The number of phenolic OH excluding ortho intramolecular Hbond substituents is 2. The fraction of sp³-hybridized carbons (Fsp3) is 0.647. The van der Waals surface area contributed by atoms with Crippen LogP contribution in [0.2, 0.25) is 0 Å². The van der Waals surface area contributed by atoms with Crippen LogP contribution in [0.15, 0.2) is 18.2 Å². The molecule has 1 aromatic rings. The van der Waals surface area contributed by atoms with E-state index in [0.29, 0.717) is 18.2 Å². The molecule has 0 bridgehead atoms. The van der Waals surface area contributed by atoms with E-state index in [9.17, 15) is 14.8 Å². The maximum atomic E-state index is 12.1. The molecule has 26 heavy (non-hydrogen) atoms. The van der Waals surface area contributed by atoms with E-state index in [1.165, 1.54) is 12.1 Å². The lowest BCUT2D eigenvalue weighted by Crippen LogP contribution is -2.30. The minimum absolute atomic E-state index is 0.178. The van der Waals surface area contributed by atoms with Crippen molar-refractivity contribution >= 4 is 7.59 Å². The number of nitrogens with zero attached hydrogens (tertiary/aromatic N) is 3. The van der Waals surface area contributed by atoms with Gasteiger partial charge in [0.05, 0.1) is 6.10 Å². The molecular formula is C17H35N4O4P. The summed E-state index contributed by atoms with van der Waals surface area (Å²) in [5, 5.41) is 31.2. The number of aromatic hydroxyl groups is 2. The molecule has 0 amide bonds. The van der Waals surface area contributed by atoms with Crippen LogP contribution in [0.1, 0.15) is 25.5 Å². The molecule has 0 spiro atoms. The van der Waals surface area contributed by atoms with Gasteiger partial charge in [-0.15, -0.1) is 0 Å². The second-order valence-electron chi connectivity index (χ2n) is 6.88. The van der Waals surface area contributed by atoms with Gasteiger partial charge in [-0.1, -0.05) is 19.9 Å². The molecule has 152 valence electrons. The third-order valence-corrected chi connectivity index (χ3v) is 6.79. The van der Waals surface area contributed by atoms with Gasteiger partial charge in [0.2, 0.25) is 0 Å². The zero-order chi connectivity index (χ0) is 20.7. The van der Waals surface area contributed by atoms with Crippen LogP contribution < -0.4 is 5.32 Å². The van der Waals surface area contributed by atoms with Crippen molar-refractivity contribution in [1.82, 2.24) is 19.3 Å². The molecule has 1 rings (SSSR count). The Bertz CT molecular complexity index is 566. The van der Waals surface area contributed by atoms with Crippen LogP contribution in [0, 0.1) is 0 Å². The van der Waals surface area contributed by atoms with Gasteiger partial charge in [0.25, 0.3) is 7.59 Å². The predicted octanol–water partition coefficient (Wildman–Crippen LogP) is 1.91. The summed E-state index contributed by atoms with van der Waals surface area (Å²) in [7, 11) is 8.49. The van der Waals surface area contributed by atoms with E-state index in [4.69, 9.17) is 5.11 Å². The lowest BCUT2D eigenvalue weighted by Gasteiger charge is -2.34. The first-order valence-electron chi connectivity index (χ1n) is 8.40. The molecule has 9 heteroatoms. The van der Waals surface area contributed by atoms with Crippen molar-refractivity contribution in [2.45, 2.75) is 26.0 Å². The average Bonchev–Trinajstić information content (AvgIpc) is 2.54. The number of aliphatic hydroxyl groups is 1. The highest BCUT2D eigenvalue weighted by Gasteiger charge is 2.30. The minimum Gasteiger partial charge on any atom is -0.504 e. The first-order valence-corrected chi connectivity index (χ1v) is 9.97. The molecule has 0 unspecified atom stereocenters. The lowest BCUT2D eigenvalue weighted by molar-refractivity contribution is 0.171. The van der Waals surface area contributed by atoms with Gasteiger partial charge in [-0.05, 0) is 60.0 Å². The van der Waals surface area contributed by atoms with Crippen molar-refractivity contribution in [3.8, 4) is 11.5 Å². The molecule has 4 N–H and O–H groups in total. The van der Waals surface area contributed by atoms with Crippen LogP contribution in [0.5, 0.6) is 11.5 Å². The maximum Gasteiger partial charge on any atom is 0.285 e. The molecule has 0 radical (unpaired) electrons. The van der Waals surface area contributed by atoms with Gasteiger partial charge in [0, 0.05) is 12.6 Å². The molecule has 1 aromatic carbocycles. The van der Waals surface area contributed by atoms with Crippen LogP contribution in [0.25, 0.3) is 0 Å². The SMILES string of the molecule is CC(C)NC[C@@H](O)c1ccc(O)c(O)c1.CN(C)P(=O)(N(C)C)N(C)C. The van der Waals surface area contributed by atoms with E-state index in [1.54, 1.807) is 20.1 Å². The number of aliphatic hydroxyl groups excluding tert-OH is 1.